The second kappa shape index (κ2) is 5.25. The van der Waals surface area contributed by atoms with E-state index in [0.717, 1.165) is 0 Å². The summed E-state index contributed by atoms with van der Waals surface area (Å²) in [4.78, 5) is 10.9. The van der Waals surface area contributed by atoms with Gasteiger partial charge >= 0.3 is 0 Å². The van der Waals surface area contributed by atoms with Gasteiger partial charge < -0.3 is 18.9 Å². The average molecular weight is 226 g/mol. The standard InChI is InChI=1S/C11H14O5/c1-13-8-5-7(6-12)9(14-2)11(16-4)10(8)15-3/h5-6H,1-4H3. The number of hydrogen-bond acceptors (Lipinski definition) is 5. The lowest BCUT2D eigenvalue weighted by Gasteiger charge is -2.16. The van der Waals surface area contributed by atoms with Crippen LogP contribution >= 0.6 is 0 Å². The smallest absolute Gasteiger partial charge is 0.208 e. The van der Waals surface area contributed by atoms with Crippen molar-refractivity contribution in [2.24, 2.45) is 0 Å². The molecular weight excluding hydrogens is 212 g/mol. The Morgan fingerprint density at radius 2 is 1.44 bits per heavy atom. The average Bonchev–Trinajstić information content (AvgIpc) is 2.35. The molecule has 0 atom stereocenters. The van der Waals surface area contributed by atoms with Gasteiger partial charge in [0.2, 0.25) is 11.5 Å². The molecule has 0 heterocycles. The highest BCUT2D eigenvalue weighted by Crippen LogP contribution is 2.45. The second-order valence-corrected chi connectivity index (χ2v) is 2.89. The molecule has 0 amide bonds. The van der Waals surface area contributed by atoms with Gasteiger partial charge in [0.1, 0.15) is 0 Å². The summed E-state index contributed by atoms with van der Waals surface area (Å²) in [6, 6.07) is 1.53. The quantitative estimate of drug-likeness (QED) is 0.713. The van der Waals surface area contributed by atoms with E-state index in [4.69, 9.17) is 18.9 Å². The third kappa shape index (κ3) is 1.88. The molecule has 0 N–H and O–H groups in total. The third-order valence-electron chi connectivity index (χ3n) is 2.14. The zero-order valence-corrected chi connectivity index (χ0v) is 9.70. The first-order valence-electron chi connectivity index (χ1n) is 4.55. The van der Waals surface area contributed by atoms with Crippen molar-refractivity contribution in [1.29, 1.82) is 0 Å². The Balaban J connectivity index is 3.54. The van der Waals surface area contributed by atoms with Gasteiger partial charge in [-0.25, -0.2) is 0 Å². The molecular formula is C11H14O5. The molecule has 1 aromatic carbocycles. The normalized spacial score (nSPS) is 9.50. The lowest BCUT2D eigenvalue weighted by molar-refractivity contribution is 0.111. The topological polar surface area (TPSA) is 54.0 Å². The number of ether oxygens (including phenoxy) is 4. The first kappa shape index (κ1) is 12.2. The van der Waals surface area contributed by atoms with Crippen LogP contribution in [0.2, 0.25) is 0 Å². The first-order chi connectivity index (χ1) is 7.73. The zero-order valence-electron chi connectivity index (χ0n) is 9.70. The van der Waals surface area contributed by atoms with Gasteiger partial charge in [-0.2, -0.15) is 0 Å². The molecule has 5 heteroatoms. The van der Waals surface area contributed by atoms with Crippen LogP contribution in [0.25, 0.3) is 0 Å². The molecule has 0 aliphatic heterocycles. The van der Waals surface area contributed by atoms with Crippen molar-refractivity contribution in [2.75, 3.05) is 28.4 Å². The molecule has 1 rings (SSSR count). The first-order valence-corrected chi connectivity index (χ1v) is 4.55. The number of aldehydes is 1. The van der Waals surface area contributed by atoms with Gasteiger partial charge in [0.25, 0.3) is 0 Å². The number of methoxy groups -OCH3 is 4. The molecule has 0 aromatic heterocycles. The number of hydrogen-bond donors (Lipinski definition) is 0. The van der Waals surface area contributed by atoms with Gasteiger partial charge in [0.15, 0.2) is 17.8 Å². The van der Waals surface area contributed by atoms with Crippen molar-refractivity contribution in [3.05, 3.63) is 11.6 Å². The van der Waals surface area contributed by atoms with Crippen molar-refractivity contribution < 1.29 is 23.7 Å². The molecule has 0 spiro atoms. The number of rotatable bonds is 5. The Labute approximate surface area is 93.9 Å². The molecule has 0 saturated heterocycles. The fourth-order valence-electron chi connectivity index (χ4n) is 1.45. The summed E-state index contributed by atoms with van der Waals surface area (Å²) >= 11 is 0. The lowest BCUT2D eigenvalue weighted by atomic mass is 10.1. The van der Waals surface area contributed by atoms with E-state index in [1.165, 1.54) is 34.5 Å². The number of carbonyl (C=O) groups excluding carboxylic acids is 1. The van der Waals surface area contributed by atoms with Crippen molar-refractivity contribution in [1.82, 2.24) is 0 Å². The summed E-state index contributed by atoms with van der Waals surface area (Å²) in [5, 5.41) is 0. The molecule has 1 aromatic rings. The molecule has 0 aliphatic rings. The minimum Gasteiger partial charge on any atom is -0.493 e. The molecule has 5 nitrogen and oxygen atoms in total. The van der Waals surface area contributed by atoms with Crippen LogP contribution in [-0.4, -0.2) is 34.7 Å². The van der Waals surface area contributed by atoms with E-state index in [1.54, 1.807) is 0 Å². The Bertz CT molecular complexity index is 386. The highest BCUT2D eigenvalue weighted by molar-refractivity contribution is 5.84. The van der Waals surface area contributed by atoms with E-state index >= 15 is 0 Å². The van der Waals surface area contributed by atoms with Crippen molar-refractivity contribution in [2.45, 2.75) is 0 Å². The van der Waals surface area contributed by atoms with E-state index in [-0.39, 0.29) is 0 Å². The summed E-state index contributed by atoms with van der Waals surface area (Å²) in [6.07, 6.45) is 0.670. The van der Waals surface area contributed by atoms with Gasteiger partial charge in [-0.15, -0.1) is 0 Å². The predicted octanol–water partition coefficient (Wildman–Crippen LogP) is 1.53. The molecule has 0 fully saturated rings. The van der Waals surface area contributed by atoms with Crippen molar-refractivity contribution in [3.63, 3.8) is 0 Å². The molecule has 0 bridgehead atoms. The van der Waals surface area contributed by atoms with Crippen molar-refractivity contribution in [3.8, 4) is 23.0 Å². The van der Waals surface area contributed by atoms with Crippen LogP contribution in [0.4, 0.5) is 0 Å². The Morgan fingerprint density at radius 3 is 1.81 bits per heavy atom. The van der Waals surface area contributed by atoms with Crippen LogP contribution in [0, 0.1) is 0 Å². The summed E-state index contributed by atoms with van der Waals surface area (Å²) in [7, 11) is 5.89. The lowest BCUT2D eigenvalue weighted by Crippen LogP contribution is -2.00. The summed E-state index contributed by atoms with van der Waals surface area (Å²) in [5.74, 6) is 1.48. The van der Waals surface area contributed by atoms with Gasteiger partial charge in [-0.1, -0.05) is 0 Å². The van der Waals surface area contributed by atoms with Crippen LogP contribution in [-0.2, 0) is 0 Å². The highest BCUT2D eigenvalue weighted by Gasteiger charge is 2.20. The van der Waals surface area contributed by atoms with Gasteiger partial charge in [0, 0.05) is 0 Å². The Hall–Kier alpha value is -1.91. The SMILES string of the molecule is COc1cc(C=O)c(OC)c(OC)c1OC. The van der Waals surface area contributed by atoms with Gasteiger partial charge in [-0.05, 0) is 6.07 Å². The summed E-state index contributed by atoms with van der Waals surface area (Å²) in [6.45, 7) is 0. The van der Waals surface area contributed by atoms with Crippen LogP contribution in [0.15, 0.2) is 6.07 Å². The van der Waals surface area contributed by atoms with Crippen LogP contribution in [0.1, 0.15) is 10.4 Å². The summed E-state index contributed by atoms with van der Waals surface area (Å²) in [5.41, 5.74) is 0.344. The minimum absolute atomic E-state index is 0.329. The van der Waals surface area contributed by atoms with Crippen molar-refractivity contribution >= 4 is 6.29 Å². The molecule has 0 radical (unpaired) electrons. The maximum absolute atomic E-state index is 10.9. The van der Waals surface area contributed by atoms with E-state index in [9.17, 15) is 4.79 Å². The van der Waals surface area contributed by atoms with Gasteiger partial charge in [-0.3, -0.25) is 4.79 Å². The van der Waals surface area contributed by atoms with E-state index in [1.807, 2.05) is 0 Å². The Kier molecular flexibility index (Phi) is 3.99. The van der Waals surface area contributed by atoms with E-state index < -0.39 is 0 Å². The molecule has 16 heavy (non-hydrogen) atoms. The highest BCUT2D eigenvalue weighted by atomic mass is 16.5. The van der Waals surface area contributed by atoms with Crippen LogP contribution in [0.5, 0.6) is 23.0 Å². The summed E-state index contributed by atoms with van der Waals surface area (Å²) < 4.78 is 20.5. The fraction of sp³-hybridized carbons (Fsp3) is 0.364. The van der Waals surface area contributed by atoms with Crippen LogP contribution < -0.4 is 18.9 Å². The minimum atomic E-state index is 0.329. The molecule has 88 valence electrons. The molecule has 0 unspecified atom stereocenters. The number of carbonyl (C=O) groups is 1. The van der Waals surface area contributed by atoms with E-state index in [2.05, 4.69) is 0 Å². The largest absolute Gasteiger partial charge is 0.493 e. The Morgan fingerprint density at radius 1 is 0.875 bits per heavy atom. The molecule has 0 aliphatic carbocycles. The monoisotopic (exact) mass is 226 g/mol. The maximum Gasteiger partial charge on any atom is 0.208 e. The predicted molar refractivity (Wildman–Crippen MR) is 58.0 cm³/mol. The fourth-order valence-corrected chi connectivity index (χ4v) is 1.45. The van der Waals surface area contributed by atoms with Gasteiger partial charge in [0.05, 0.1) is 34.0 Å². The van der Waals surface area contributed by atoms with Crippen LogP contribution in [0.3, 0.4) is 0 Å². The molecule has 0 saturated carbocycles. The second-order valence-electron chi connectivity index (χ2n) is 2.89. The number of benzene rings is 1. The third-order valence-corrected chi connectivity index (χ3v) is 2.14. The maximum atomic E-state index is 10.9. The van der Waals surface area contributed by atoms with E-state index in [0.29, 0.717) is 34.8 Å². The zero-order chi connectivity index (χ0) is 12.1.